The smallest absolute Gasteiger partial charge is 0.292 e. The summed E-state index contributed by atoms with van der Waals surface area (Å²) < 4.78 is 7.74. The molecule has 2 unspecified atom stereocenters. The van der Waals surface area contributed by atoms with Crippen LogP contribution in [0.15, 0.2) is 122 Å². The second kappa shape index (κ2) is 16.9. The summed E-state index contributed by atoms with van der Waals surface area (Å²) in [5.74, 6) is 0.591. The molecule has 0 radical (unpaired) electrons. The van der Waals surface area contributed by atoms with Crippen LogP contribution in [0.25, 0.3) is 11.0 Å². The van der Waals surface area contributed by atoms with Crippen LogP contribution in [0, 0.1) is 16.7 Å². The van der Waals surface area contributed by atoms with Crippen molar-refractivity contribution in [2.24, 2.45) is 16.7 Å². The topological polar surface area (TPSA) is 19.6 Å². The minimum absolute atomic E-state index is 0.0131. The average molecular weight is 1010 g/mol. The Morgan fingerprint density at radius 1 is 0.618 bits per heavy atom. The van der Waals surface area contributed by atoms with Crippen molar-refractivity contribution >= 4 is 45.9 Å². The number of hydrogen-bond acceptors (Lipinski definition) is 3. The summed E-state index contributed by atoms with van der Waals surface area (Å²) in [6, 6.07) is 20.8. The summed E-state index contributed by atoms with van der Waals surface area (Å²) in [6.45, 7) is 37.5. The Hall–Kier alpha value is -4.70. The third-order valence-corrected chi connectivity index (χ3v) is 22.2. The monoisotopic (exact) mass is 1010 g/mol. The Kier molecular flexibility index (Phi) is 11.3. The van der Waals surface area contributed by atoms with Crippen molar-refractivity contribution in [3.63, 3.8) is 0 Å². The number of benzene rings is 3. The molecule has 0 saturated heterocycles. The van der Waals surface area contributed by atoms with E-state index >= 15 is 0 Å². The maximum atomic E-state index is 7.74. The number of fused-ring (bicyclic) bond motifs is 8. The van der Waals surface area contributed by atoms with Gasteiger partial charge in [0.2, 0.25) is 0 Å². The maximum absolute atomic E-state index is 7.74. The Bertz CT molecular complexity index is 3310. The molecule has 13 rings (SSSR count). The molecule has 1 aromatic heterocycles. The fourth-order valence-electron chi connectivity index (χ4n) is 16.8. The summed E-state index contributed by atoms with van der Waals surface area (Å²) in [5, 5.41) is 1.27. The van der Waals surface area contributed by atoms with Gasteiger partial charge in [0, 0.05) is 22.5 Å². The number of allylic oxidation sites excluding steroid dienone is 6. The molecule has 3 aromatic carbocycles. The van der Waals surface area contributed by atoms with Gasteiger partial charge in [-0.2, -0.15) is 0 Å². The molecule has 0 amide bonds. The third-order valence-electron chi connectivity index (χ3n) is 22.2. The van der Waals surface area contributed by atoms with Gasteiger partial charge < -0.3 is 14.2 Å². The molecule has 4 heteroatoms. The van der Waals surface area contributed by atoms with Crippen LogP contribution in [0.4, 0.5) is 17.1 Å². The lowest BCUT2D eigenvalue weighted by Crippen LogP contribution is -2.63. The minimum atomic E-state index is -0.0148. The Labute approximate surface area is 459 Å². The molecule has 2 aliphatic heterocycles. The van der Waals surface area contributed by atoms with Gasteiger partial charge in [0.25, 0.3) is 6.71 Å². The number of rotatable bonds is 4. The fourth-order valence-corrected chi connectivity index (χ4v) is 16.8. The molecule has 3 heterocycles. The van der Waals surface area contributed by atoms with Crippen molar-refractivity contribution in [1.82, 2.24) is 0 Å². The van der Waals surface area contributed by atoms with Gasteiger partial charge in [0.1, 0.15) is 5.58 Å². The van der Waals surface area contributed by atoms with Crippen LogP contribution in [0.5, 0.6) is 0 Å². The van der Waals surface area contributed by atoms with E-state index in [1.54, 1.807) is 38.9 Å². The van der Waals surface area contributed by atoms with E-state index in [1.807, 2.05) is 0 Å². The van der Waals surface area contributed by atoms with Crippen LogP contribution in [0.3, 0.4) is 0 Å². The molecular formula is C72H91BN2O. The van der Waals surface area contributed by atoms with E-state index in [9.17, 15) is 0 Å². The fraction of sp³-hybridized carbons (Fsp3) is 0.556. The molecule has 1 saturated carbocycles. The predicted octanol–water partition coefficient (Wildman–Crippen LogP) is 18.2. The zero-order chi connectivity index (χ0) is 53.4. The van der Waals surface area contributed by atoms with Crippen LogP contribution in [0.1, 0.15) is 228 Å². The van der Waals surface area contributed by atoms with Crippen LogP contribution in [0.2, 0.25) is 0 Å². The highest BCUT2D eigenvalue weighted by Crippen LogP contribution is 2.59. The van der Waals surface area contributed by atoms with Crippen molar-refractivity contribution < 1.29 is 4.42 Å². The average Bonchev–Trinajstić information content (AvgIpc) is 3.94. The van der Waals surface area contributed by atoms with Gasteiger partial charge in [0.15, 0.2) is 0 Å². The summed E-state index contributed by atoms with van der Waals surface area (Å²) in [4.78, 5) is 5.92. The van der Waals surface area contributed by atoms with Crippen molar-refractivity contribution in [2.45, 2.75) is 239 Å². The first kappa shape index (κ1) is 50.8. The zero-order valence-corrected chi connectivity index (χ0v) is 49.7. The van der Waals surface area contributed by atoms with Crippen LogP contribution >= 0.6 is 0 Å². The number of hydrogen-bond donors (Lipinski definition) is 0. The highest BCUT2D eigenvalue weighted by Gasteiger charge is 2.55. The molecule has 398 valence electrons. The zero-order valence-electron chi connectivity index (χ0n) is 49.7. The SMILES string of the molecule is CC1(C)CCC(C)(C)C2=C1C=C(C1=CC=CCC1)C(N1C3=C4B(c5cc6c(cc51)C(C)(C)CCC6(C)C)c1oc5ccc(C(C)(C)C)cc5c1N(c1ccc5c(c1)C(C)(C)CCC5(C)C)C4CC(C1CCCCC1)=C3)C2. The van der Waals surface area contributed by atoms with E-state index in [2.05, 4.69) is 193 Å². The van der Waals surface area contributed by atoms with Gasteiger partial charge in [-0.1, -0.05) is 177 Å². The van der Waals surface area contributed by atoms with E-state index < -0.39 is 0 Å². The van der Waals surface area contributed by atoms with Crippen molar-refractivity contribution in [1.29, 1.82) is 0 Å². The predicted molar refractivity (Wildman–Crippen MR) is 325 cm³/mol. The van der Waals surface area contributed by atoms with E-state index in [0.717, 1.165) is 36.9 Å². The number of furan rings is 1. The minimum Gasteiger partial charge on any atom is -0.468 e. The normalized spacial score (nSPS) is 26.7. The number of nitrogens with zero attached hydrogens (tertiary/aromatic N) is 2. The van der Waals surface area contributed by atoms with Crippen molar-refractivity contribution in [2.75, 3.05) is 9.80 Å². The van der Waals surface area contributed by atoms with Gasteiger partial charge in [0.05, 0.1) is 23.4 Å². The van der Waals surface area contributed by atoms with Crippen LogP contribution in [-0.2, 0) is 27.1 Å². The standard InChI is InChI=1S/C72H91BN2O/c1-66(2,3)47-26-29-62-50(38-47)64-65(76-62)73-57-41-54-56(72(14,15)35-33-70(54,10)11)43-59(57)75(58-42-55-53(69(8,9)32-34-71(55,12)13)40-49(58)45-24-20-17-21-25-45)61-37-46(44-22-18-16-19-23-44)36-60(63(61)73)74(64)48-27-28-51-52(39-48)68(6,7)31-30-67(51,4)5/h17,20,24,26-29,37-41,43-44,58,60H,16,18-19,21-23,25,30-36,42H2,1-15H3. The Morgan fingerprint density at radius 2 is 1.26 bits per heavy atom. The lowest BCUT2D eigenvalue weighted by Gasteiger charge is -2.54. The van der Waals surface area contributed by atoms with Gasteiger partial charge in [-0.15, -0.1) is 0 Å². The molecule has 2 atom stereocenters. The summed E-state index contributed by atoms with van der Waals surface area (Å²) in [5.41, 5.74) is 26.9. The molecule has 4 aromatic rings. The molecule has 1 fully saturated rings. The summed E-state index contributed by atoms with van der Waals surface area (Å²) >= 11 is 0. The van der Waals surface area contributed by atoms with E-state index in [4.69, 9.17) is 4.42 Å². The Morgan fingerprint density at radius 3 is 1.93 bits per heavy atom. The highest BCUT2D eigenvalue weighted by molar-refractivity contribution is 6.93. The van der Waals surface area contributed by atoms with Crippen molar-refractivity contribution in [3.05, 3.63) is 146 Å². The van der Waals surface area contributed by atoms with Gasteiger partial charge in [-0.25, -0.2) is 0 Å². The first-order valence-corrected chi connectivity index (χ1v) is 30.5. The molecule has 7 aliphatic carbocycles. The maximum Gasteiger partial charge on any atom is 0.292 e. The molecule has 0 spiro atoms. The molecule has 9 aliphatic rings. The lowest BCUT2D eigenvalue weighted by molar-refractivity contribution is 0.255. The second-order valence-electron chi connectivity index (χ2n) is 30.9. The van der Waals surface area contributed by atoms with E-state index in [1.165, 1.54) is 127 Å². The van der Waals surface area contributed by atoms with Crippen LogP contribution in [-0.4, -0.2) is 18.8 Å². The molecular weight excluding hydrogens is 920 g/mol. The van der Waals surface area contributed by atoms with Gasteiger partial charge in [-0.3, -0.25) is 0 Å². The lowest BCUT2D eigenvalue weighted by atomic mass is 9.32. The van der Waals surface area contributed by atoms with Gasteiger partial charge >= 0.3 is 0 Å². The quantitative estimate of drug-likeness (QED) is 0.190. The largest absolute Gasteiger partial charge is 0.468 e. The molecule has 3 nitrogen and oxygen atoms in total. The highest BCUT2D eigenvalue weighted by atomic mass is 16.3. The van der Waals surface area contributed by atoms with Gasteiger partial charge in [-0.05, 0) is 213 Å². The summed E-state index contributed by atoms with van der Waals surface area (Å²) in [6.07, 6.45) is 31.0. The van der Waals surface area contributed by atoms with Crippen molar-refractivity contribution in [3.8, 4) is 0 Å². The summed E-state index contributed by atoms with van der Waals surface area (Å²) in [7, 11) is 0. The van der Waals surface area contributed by atoms with E-state index in [-0.39, 0.29) is 56.7 Å². The molecule has 0 bridgehead atoms. The molecule has 76 heavy (non-hydrogen) atoms. The van der Waals surface area contributed by atoms with Crippen LogP contribution < -0.4 is 20.9 Å². The van der Waals surface area contributed by atoms with E-state index in [0.29, 0.717) is 5.92 Å². The first-order valence-electron chi connectivity index (χ1n) is 30.5. The second-order valence-corrected chi connectivity index (χ2v) is 30.9. The third kappa shape index (κ3) is 7.75. The first-order chi connectivity index (χ1) is 35.8. The number of anilines is 3. The molecule has 0 N–H and O–H groups in total. The Balaban J connectivity index is 1.16.